The van der Waals surface area contributed by atoms with E-state index < -0.39 is 0 Å². The van der Waals surface area contributed by atoms with Gasteiger partial charge in [-0.05, 0) is 19.4 Å². The fraction of sp³-hybridized carbons (Fsp3) is 0.421. The summed E-state index contributed by atoms with van der Waals surface area (Å²) in [5.41, 5.74) is 1.99. The topological polar surface area (TPSA) is 66.7 Å². The van der Waals surface area contributed by atoms with Crippen LogP contribution < -0.4 is 0 Å². The molecule has 0 N–H and O–H groups in total. The van der Waals surface area contributed by atoms with Gasteiger partial charge in [-0.25, -0.2) is 4.98 Å². The Labute approximate surface area is 146 Å². The zero-order valence-corrected chi connectivity index (χ0v) is 14.4. The summed E-state index contributed by atoms with van der Waals surface area (Å²) in [5.74, 6) is 0.473. The third-order valence-electron chi connectivity index (χ3n) is 5.18. The molecule has 0 bridgehead atoms. The molecule has 0 radical (unpaired) electrons. The molecule has 1 aromatic carbocycles. The Balaban J connectivity index is 1.44. The minimum atomic E-state index is -0.242. The van der Waals surface area contributed by atoms with Crippen LogP contribution in [0.25, 0.3) is 0 Å². The maximum Gasteiger partial charge on any atom is 0.234 e. The van der Waals surface area contributed by atoms with Gasteiger partial charge in [-0.2, -0.15) is 0 Å². The van der Waals surface area contributed by atoms with Gasteiger partial charge in [-0.15, -0.1) is 0 Å². The van der Waals surface area contributed by atoms with E-state index in [0.717, 1.165) is 18.0 Å². The first-order valence-corrected chi connectivity index (χ1v) is 8.57. The van der Waals surface area contributed by atoms with Gasteiger partial charge < -0.3 is 4.42 Å². The number of benzene rings is 1. The summed E-state index contributed by atoms with van der Waals surface area (Å²) >= 11 is 0. The van der Waals surface area contributed by atoms with Gasteiger partial charge in [-0.1, -0.05) is 30.3 Å². The number of aryl methyl sites for hydroxylation is 2. The second-order valence-electron chi connectivity index (χ2n) is 6.90. The van der Waals surface area contributed by atoms with Crippen LogP contribution in [0.5, 0.6) is 0 Å². The highest BCUT2D eigenvalue weighted by atomic mass is 16.4. The predicted octanol–water partition coefficient (Wildman–Crippen LogP) is 1.91. The molecule has 1 aromatic heterocycles. The molecule has 2 amide bonds. The first kappa shape index (κ1) is 16.0. The lowest BCUT2D eigenvalue weighted by Gasteiger charge is -2.19. The Bertz CT molecular complexity index is 771. The second-order valence-corrected chi connectivity index (χ2v) is 6.90. The molecule has 2 aromatic rings. The number of rotatable bonds is 4. The molecule has 0 unspecified atom stereocenters. The van der Waals surface area contributed by atoms with Crippen molar-refractivity contribution >= 4 is 11.8 Å². The van der Waals surface area contributed by atoms with E-state index in [0.29, 0.717) is 19.0 Å². The molecule has 6 heteroatoms. The van der Waals surface area contributed by atoms with E-state index in [-0.39, 0.29) is 30.2 Å². The maximum absolute atomic E-state index is 12.7. The first-order chi connectivity index (χ1) is 12.0. The van der Waals surface area contributed by atoms with Crippen molar-refractivity contribution in [2.45, 2.75) is 26.9 Å². The number of carbonyl (C=O) groups excluding carboxylic acids is 2. The minimum Gasteiger partial charge on any atom is -0.444 e. The highest BCUT2D eigenvalue weighted by Crippen LogP contribution is 2.35. The Kier molecular flexibility index (Phi) is 3.92. The fourth-order valence-corrected chi connectivity index (χ4v) is 3.76. The molecule has 6 nitrogen and oxygen atoms in total. The van der Waals surface area contributed by atoms with Gasteiger partial charge in [0.1, 0.15) is 12.3 Å². The molecule has 0 aliphatic carbocycles. The van der Waals surface area contributed by atoms with Gasteiger partial charge in [0.05, 0.1) is 17.5 Å². The second kappa shape index (κ2) is 6.11. The Morgan fingerprint density at radius 2 is 1.68 bits per heavy atom. The summed E-state index contributed by atoms with van der Waals surface area (Å²) in [4.78, 5) is 33.2. The van der Waals surface area contributed by atoms with Crippen LogP contribution in [0.2, 0.25) is 0 Å². The van der Waals surface area contributed by atoms with E-state index in [1.165, 1.54) is 10.5 Å². The lowest BCUT2D eigenvalue weighted by molar-refractivity contribution is -0.141. The van der Waals surface area contributed by atoms with Crippen molar-refractivity contribution in [2.24, 2.45) is 11.8 Å². The highest BCUT2D eigenvalue weighted by molar-refractivity contribution is 6.05. The first-order valence-electron chi connectivity index (χ1n) is 8.57. The van der Waals surface area contributed by atoms with Crippen molar-refractivity contribution in [2.75, 3.05) is 13.1 Å². The van der Waals surface area contributed by atoms with E-state index in [2.05, 4.69) is 22.0 Å². The number of carbonyl (C=O) groups is 2. The quantitative estimate of drug-likeness (QED) is 0.796. The monoisotopic (exact) mass is 339 g/mol. The van der Waals surface area contributed by atoms with Gasteiger partial charge in [-0.3, -0.25) is 19.4 Å². The van der Waals surface area contributed by atoms with Crippen molar-refractivity contribution in [1.82, 2.24) is 14.8 Å². The normalized spacial score (nSPS) is 23.5. The molecule has 130 valence electrons. The molecule has 2 aliphatic rings. The number of amides is 2. The third-order valence-corrected chi connectivity index (χ3v) is 5.18. The van der Waals surface area contributed by atoms with Crippen molar-refractivity contribution in [3.05, 3.63) is 53.2 Å². The summed E-state index contributed by atoms with van der Waals surface area (Å²) in [5, 5.41) is 0. The van der Waals surface area contributed by atoms with E-state index in [9.17, 15) is 9.59 Å². The number of nitrogens with zero attached hydrogens (tertiary/aromatic N) is 3. The largest absolute Gasteiger partial charge is 0.444 e. The molecular weight excluding hydrogens is 318 g/mol. The molecule has 2 fully saturated rings. The number of fused-ring (bicyclic) bond motifs is 1. The Morgan fingerprint density at radius 1 is 1.04 bits per heavy atom. The third kappa shape index (κ3) is 2.87. The summed E-state index contributed by atoms with van der Waals surface area (Å²) in [6, 6.07) is 10.1. The maximum atomic E-state index is 12.7. The van der Waals surface area contributed by atoms with Crippen LogP contribution in [-0.4, -0.2) is 39.7 Å². The van der Waals surface area contributed by atoms with E-state index in [1.807, 2.05) is 32.0 Å². The number of likely N-dealkylation sites (tertiary alicyclic amines) is 2. The van der Waals surface area contributed by atoms with E-state index in [1.54, 1.807) is 0 Å². The number of hydrogen-bond donors (Lipinski definition) is 0. The molecular formula is C19H21N3O3. The molecule has 3 heterocycles. The molecule has 0 spiro atoms. The number of imide groups is 1. The predicted molar refractivity (Wildman–Crippen MR) is 90.2 cm³/mol. The van der Waals surface area contributed by atoms with Crippen LogP contribution in [0.1, 0.15) is 22.9 Å². The van der Waals surface area contributed by atoms with E-state index >= 15 is 0 Å². The molecule has 2 saturated heterocycles. The van der Waals surface area contributed by atoms with Crippen LogP contribution in [0.3, 0.4) is 0 Å². The zero-order chi connectivity index (χ0) is 17.6. The number of aromatic nitrogens is 1. The van der Waals surface area contributed by atoms with Crippen LogP contribution in [0.4, 0.5) is 0 Å². The molecule has 4 rings (SSSR count). The molecule has 2 aliphatic heterocycles. The standard InChI is InChI=1S/C19H21N3O3/c1-12-13(2)25-17(20-12)11-22-18(23)15-9-21(10-16(15)19(22)24)8-14-6-4-3-5-7-14/h3-7,15-16H,8-11H2,1-2H3/t15-,16-/m1/s1. The van der Waals surface area contributed by atoms with Gasteiger partial charge in [0.2, 0.25) is 17.7 Å². The summed E-state index contributed by atoms with van der Waals surface area (Å²) in [7, 11) is 0. The molecule has 0 saturated carbocycles. The van der Waals surface area contributed by atoms with Gasteiger partial charge in [0, 0.05) is 19.6 Å². The van der Waals surface area contributed by atoms with Gasteiger partial charge >= 0.3 is 0 Å². The zero-order valence-electron chi connectivity index (χ0n) is 14.4. The van der Waals surface area contributed by atoms with Gasteiger partial charge in [0.15, 0.2) is 0 Å². The number of hydrogen-bond acceptors (Lipinski definition) is 5. The lowest BCUT2D eigenvalue weighted by atomic mass is 10.00. The SMILES string of the molecule is Cc1nc(CN2C(=O)[C@@H]3CN(Cc4ccccc4)C[C@H]3C2=O)oc1C. The van der Waals surface area contributed by atoms with Crippen molar-refractivity contribution < 1.29 is 14.0 Å². The van der Waals surface area contributed by atoms with E-state index in [4.69, 9.17) is 4.42 Å². The smallest absolute Gasteiger partial charge is 0.234 e. The summed E-state index contributed by atoms with van der Waals surface area (Å²) in [6.07, 6.45) is 0. The lowest BCUT2D eigenvalue weighted by Crippen LogP contribution is -2.35. The van der Waals surface area contributed by atoms with Crippen LogP contribution in [-0.2, 0) is 22.7 Å². The van der Waals surface area contributed by atoms with Gasteiger partial charge in [0.25, 0.3) is 0 Å². The average molecular weight is 339 g/mol. The fourth-order valence-electron chi connectivity index (χ4n) is 3.76. The van der Waals surface area contributed by atoms with Crippen molar-refractivity contribution in [3.63, 3.8) is 0 Å². The Morgan fingerprint density at radius 3 is 2.24 bits per heavy atom. The number of oxazole rings is 1. The summed E-state index contributed by atoms with van der Waals surface area (Å²) in [6.45, 7) is 5.85. The minimum absolute atomic E-state index is 0.0981. The van der Waals surface area contributed by atoms with Crippen LogP contribution in [0, 0.1) is 25.7 Å². The summed E-state index contributed by atoms with van der Waals surface area (Å²) < 4.78 is 5.53. The van der Waals surface area contributed by atoms with Crippen molar-refractivity contribution in [3.8, 4) is 0 Å². The Hall–Kier alpha value is -2.47. The van der Waals surface area contributed by atoms with Crippen molar-refractivity contribution in [1.29, 1.82) is 0 Å². The average Bonchev–Trinajstić information content (AvgIpc) is 3.21. The highest BCUT2D eigenvalue weighted by Gasteiger charge is 2.52. The molecule has 2 atom stereocenters. The van der Waals surface area contributed by atoms with Crippen LogP contribution in [0.15, 0.2) is 34.7 Å². The molecule has 25 heavy (non-hydrogen) atoms. The van der Waals surface area contributed by atoms with Crippen LogP contribution >= 0.6 is 0 Å².